The lowest BCUT2D eigenvalue weighted by Gasteiger charge is -2.08. The van der Waals surface area contributed by atoms with E-state index in [0.717, 1.165) is 0 Å². The molecule has 0 aliphatic rings. The van der Waals surface area contributed by atoms with Gasteiger partial charge in [0.05, 0.1) is 5.69 Å². The molecule has 0 saturated carbocycles. The standard InChI is InChI=1S/C11H10F4N4/c1-4(16)10-5(2)19(18-17-10)11-8(14)6(12)3-7(13)9(11)15/h3-4H,16H2,1-2H3. The number of aromatic nitrogens is 3. The summed E-state index contributed by atoms with van der Waals surface area (Å²) in [6, 6.07) is -0.398. The lowest BCUT2D eigenvalue weighted by molar-refractivity contribution is 0.442. The fourth-order valence-corrected chi connectivity index (χ4v) is 1.72. The number of rotatable bonds is 2. The van der Waals surface area contributed by atoms with Gasteiger partial charge in [-0.15, -0.1) is 5.10 Å². The summed E-state index contributed by atoms with van der Waals surface area (Å²) in [5.74, 6) is -6.09. The maximum atomic E-state index is 13.6. The Bertz CT molecular complexity index is 610. The van der Waals surface area contributed by atoms with Gasteiger partial charge < -0.3 is 5.73 Å². The van der Waals surface area contributed by atoms with Gasteiger partial charge in [-0.1, -0.05) is 5.21 Å². The zero-order valence-electron chi connectivity index (χ0n) is 10.1. The molecule has 1 aromatic heterocycles. The lowest BCUT2D eigenvalue weighted by atomic mass is 10.2. The maximum absolute atomic E-state index is 13.6. The third-order valence-electron chi connectivity index (χ3n) is 2.66. The van der Waals surface area contributed by atoms with Gasteiger partial charge in [0.2, 0.25) is 0 Å². The molecule has 8 heteroatoms. The molecule has 0 aliphatic carbocycles. The van der Waals surface area contributed by atoms with Crippen LogP contribution in [0.4, 0.5) is 17.6 Å². The van der Waals surface area contributed by atoms with Crippen LogP contribution in [0.25, 0.3) is 5.69 Å². The first-order valence-electron chi connectivity index (χ1n) is 5.35. The van der Waals surface area contributed by atoms with Crippen molar-refractivity contribution in [1.82, 2.24) is 15.0 Å². The van der Waals surface area contributed by atoms with Crippen molar-refractivity contribution >= 4 is 0 Å². The molecule has 0 aliphatic heterocycles. The van der Waals surface area contributed by atoms with E-state index in [9.17, 15) is 17.6 Å². The number of nitrogens with zero attached hydrogens (tertiary/aromatic N) is 3. The average molecular weight is 274 g/mol. The van der Waals surface area contributed by atoms with Gasteiger partial charge in [-0.2, -0.15) is 0 Å². The van der Waals surface area contributed by atoms with E-state index >= 15 is 0 Å². The van der Waals surface area contributed by atoms with Crippen LogP contribution >= 0.6 is 0 Å². The van der Waals surface area contributed by atoms with Crippen LogP contribution in [0.1, 0.15) is 24.4 Å². The Morgan fingerprint density at radius 3 is 2.11 bits per heavy atom. The lowest BCUT2D eigenvalue weighted by Crippen LogP contribution is -2.11. The Hall–Kier alpha value is -1.96. The highest BCUT2D eigenvalue weighted by atomic mass is 19.2. The molecule has 0 spiro atoms. The van der Waals surface area contributed by atoms with Crippen molar-refractivity contribution in [2.24, 2.45) is 5.73 Å². The minimum absolute atomic E-state index is 0.132. The molecule has 102 valence electrons. The first-order valence-corrected chi connectivity index (χ1v) is 5.35. The van der Waals surface area contributed by atoms with Crippen molar-refractivity contribution in [3.63, 3.8) is 0 Å². The number of halogens is 4. The molecular formula is C11H10F4N4. The highest BCUT2D eigenvalue weighted by Crippen LogP contribution is 2.25. The Morgan fingerprint density at radius 1 is 1.16 bits per heavy atom. The first kappa shape index (κ1) is 13.5. The number of nitrogens with two attached hydrogens (primary N) is 1. The van der Waals surface area contributed by atoms with Gasteiger partial charge in [0.1, 0.15) is 11.4 Å². The fraction of sp³-hybridized carbons (Fsp3) is 0.273. The van der Waals surface area contributed by atoms with Gasteiger partial charge in [-0.3, -0.25) is 0 Å². The molecule has 2 rings (SSSR count). The molecule has 1 atom stereocenters. The average Bonchev–Trinajstić information content (AvgIpc) is 2.70. The third-order valence-corrected chi connectivity index (χ3v) is 2.66. The van der Waals surface area contributed by atoms with E-state index in [1.54, 1.807) is 6.92 Å². The summed E-state index contributed by atoms with van der Waals surface area (Å²) in [6.07, 6.45) is 0. The second kappa shape index (κ2) is 4.61. The largest absolute Gasteiger partial charge is 0.323 e. The normalized spacial score (nSPS) is 12.8. The minimum atomic E-state index is -1.54. The van der Waals surface area contributed by atoms with Crippen LogP contribution in [-0.2, 0) is 0 Å². The topological polar surface area (TPSA) is 56.7 Å². The van der Waals surface area contributed by atoms with E-state index < -0.39 is 35.0 Å². The van der Waals surface area contributed by atoms with E-state index in [4.69, 9.17) is 5.73 Å². The van der Waals surface area contributed by atoms with E-state index in [1.165, 1.54) is 6.92 Å². The highest BCUT2D eigenvalue weighted by molar-refractivity contribution is 5.38. The Balaban J connectivity index is 2.73. The molecule has 2 aromatic rings. The van der Waals surface area contributed by atoms with E-state index in [1.807, 2.05) is 0 Å². The molecular weight excluding hydrogens is 264 g/mol. The molecule has 0 fully saturated rings. The van der Waals surface area contributed by atoms with Crippen molar-refractivity contribution in [3.05, 3.63) is 40.7 Å². The van der Waals surface area contributed by atoms with Crippen molar-refractivity contribution < 1.29 is 17.6 Å². The number of hydrogen-bond donors (Lipinski definition) is 1. The maximum Gasteiger partial charge on any atom is 0.187 e. The summed E-state index contributed by atoms with van der Waals surface area (Å²) < 4.78 is 54.2. The molecule has 1 unspecified atom stereocenters. The highest BCUT2D eigenvalue weighted by Gasteiger charge is 2.24. The minimum Gasteiger partial charge on any atom is -0.323 e. The number of hydrogen-bond acceptors (Lipinski definition) is 3. The Morgan fingerprint density at radius 2 is 1.68 bits per heavy atom. The summed E-state index contributed by atoms with van der Waals surface area (Å²) in [4.78, 5) is 0. The van der Waals surface area contributed by atoms with Crippen LogP contribution in [0, 0.1) is 30.2 Å². The predicted molar refractivity (Wildman–Crippen MR) is 58.5 cm³/mol. The van der Waals surface area contributed by atoms with E-state index in [0.29, 0.717) is 4.68 Å². The zero-order chi connectivity index (χ0) is 14.3. The van der Waals surface area contributed by atoms with Crippen LogP contribution in [0.2, 0.25) is 0 Å². The van der Waals surface area contributed by atoms with Gasteiger partial charge in [0, 0.05) is 12.1 Å². The second-order valence-corrected chi connectivity index (χ2v) is 4.08. The van der Waals surface area contributed by atoms with Crippen molar-refractivity contribution in [3.8, 4) is 5.69 Å². The quantitative estimate of drug-likeness (QED) is 0.674. The summed E-state index contributed by atoms with van der Waals surface area (Å²) >= 11 is 0. The van der Waals surface area contributed by atoms with Crippen molar-refractivity contribution in [2.75, 3.05) is 0 Å². The van der Waals surface area contributed by atoms with Crippen LogP contribution in [0.3, 0.4) is 0 Å². The summed E-state index contributed by atoms with van der Waals surface area (Å²) in [5, 5.41) is 7.13. The first-order chi connectivity index (χ1) is 8.84. The predicted octanol–water partition coefficient (Wildman–Crippen LogP) is 2.15. The van der Waals surface area contributed by atoms with Crippen LogP contribution < -0.4 is 5.73 Å². The van der Waals surface area contributed by atoms with Gasteiger partial charge in [-0.05, 0) is 13.8 Å². The van der Waals surface area contributed by atoms with E-state index in [-0.39, 0.29) is 17.5 Å². The second-order valence-electron chi connectivity index (χ2n) is 4.08. The summed E-state index contributed by atoms with van der Waals surface area (Å²) in [5.41, 5.74) is 5.13. The molecule has 0 amide bonds. The fourth-order valence-electron chi connectivity index (χ4n) is 1.72. The van der Waals surface area contributed by atoms with Gasteiger partial charge in [0.25, 0.3) is 0 Å². The van der Waals surface area contributed by atoms with Crippen LogP contribution in [-0.4, -0.2) is 15.0 Å². The number of benzene rings is 1. The van der Waals surface area contributed by atoms with Crippen LogP contribution in [0.15, 0.2) is 6.07 Å². The van der Waals surface area contributed by atoms with Gasteiger partial charge in [0.15, 0.2) is 23.3 Å². The van der Waals surface area contributed by atoms with Crippen molar-refractivity contribution in [1.29, 1.82) is 0 Å². The van der Waals surface area contributed by atoms with Gasteiger partial charge >= 0.3 is 0 Å². The molecule has 19 heavy (non-hydrogen) atoms. The molecule has 0 bridgehead atoms. The van der Waals surface area contributed by atoms with Crippen molar-refractivity contribution in [2.45, 2.75) is 19.9 Å². The smallest absolute Gasteiger partial charge is 0.187 e. The molecule has 4 nitrogen and oxygen atoms in total. The Kier molecular flexibility index (Phi) is 3.27. The zero-order valence-corrected chi connectivity index (χ0v) is 10.1. The molecule has 1 heterocycles. The SMILES string of the molecule is Cc1c(C(C)N)nnn1-c1c(F)c(F)cc(F)c1F. The Labute approximate surface area is 105 Å². The molecule has 0 radical (unpaired) electrons. The van der Waals surface area contributed by atoms with E-state index in [2.05, 4.69) is 10.3 Å². The summed E-state index contributed by atoms with van der Waals surface area (Å²) in [7, 11) is 0. The van der Waals surface area contributed by atoms with Crippen LogP contribution in [0.5, 0.6) is 0 Å². The third kappa shape index (κ3) is 2.07. The van der Waals surface area contributed by atoms with Gasteiger partial charge in [-0.25, -0.2) is 22.2 Å². The molecule has 2 N–H and O–H groups in total. The summed E-state index contributed by atoms with van der Waals surface area (Å²) in [6.45, 7) is 3.04. The molecule has 0 saturated heterocycles. The monoisotopic (exact) mass is 274 g/mol. The molecule has 1 aromatic carbocycles.